The lowest BCUT2D eigenvalue weighted by Gasteiger charge is -2.09. The molecule has 0 amide bonds. The highest BCUT2D eigenvalue weighted by molar-refractivity contribution is 5.77. The van der Waals surface area contributed by atoms with Gasteiger partial charge in [0.15, 0.2) is 0 Å². The number of para-hydroxylation sites is 1. The van der Waals surface area contributed by atoms with Crippen molar-refractivity contribution in [3.8, 4) is 5.75 Å². The molecular formula is C16H22O5. The Morgan fingerprint density at radius 2 is 1.71 bits per heavy atom. The number of ether oxygens (including phenoxy) is 3. The summed E-state index contributed by atoms with van der Waals surface area (Å²) in [5.74, 6) is -0.115. The fourth-order valence-corrected chi connectivity index (χ4v) is 1.66. The molecule has 116 valence electrons. The molecule has 0 saturated heterocycles. The first-order valence-electron chi connectivity index (χ1n) is 7.10. The second-order valence-corrected chi connectivity index (χ2v) is 4.55. The van der Waals surface area contributed by atoms with Crippen molar-refractivity contribution in [2.75, 3.05) is 13.7 Å². The Bertz CT molecular complexity index is 456. The van der Waals surface area contributed by atoms with Crippen LogP contribution in [0.3, 0.4) is 0 Å². The Morgan fingerprint density at radius 1 is 1.05 bits per heavy atom. The topological polar surface area (TPSA) is 61.8 Å². The molecule has 0 aliphatic rings. The lowest BCUT2D eigenvalue weighted by atomic mass is 10.2. The molecule has 5 nitrogen and oxygen atoms in total. The number of carbonyl (C=O) groups is 2. The van der Waals surface area contributed by atoms with Crippen molar-refractivity contribution in [3.63, 3.8) is 0 Å². The van der Waals surface area contributed by atoms with Gasteiger partial charge in [0.25, 0.3) is 0 Å². The zero-order valence-electron chi connectivity index (χ0n) is 12.6. The Balaban J connectivity index is 2.26. The molecule has 0 aromatic heterocycles. The molecule has 1 rings (SSSR count). The minimum absolute atomic E-state index is 0.0279. The van der Waals surface area contributed by atoms with Crippen molar-refractivity contribution in [2.45, 2.75) is 39.2 Å². The van der Waals surface area contributed by atoms with E-state index in [0.717, 1.165) is 18.4 Å². The Kier molecular flexibility index (Phi) is 7.94. The molecule has 0 bridgehead atoms. The van der Waals surface area contributed by atoms with Gasteiger partial charge >= 0.3 is 11.9 Å². The minimum Gasteiger partial charge on any atom is -0.496 e. The molecule has 0 fully saturated rings. The maximum absolute atomic E-state index is 11.6. The van der Waals surface area contributed by atoms with Gasteiger partial charge in [-0.2, -0.15) is 0 Å². The van der Waals surface area contributed by atoms with E-state index in [1.165, 1.54) is 0 Å². The molecule has 0 aliphatic carbocycles. The van der Waals surface area contributed by atoms with Crippen LogP contribution in [-0.2, 0) is 25.7 Å². The zero-order chi connectivity index (χ0) is 15.5. The van der Waals surface area contributed by atoms with Gasteiger partial charge < -0.3 is 14.2 Å². The summed E-state index contributed by atoms with van der Waals surface area (Å²) in [6.07, 6.45) is 1.88. The summed E-state index contributed by atoms with van der Waals surface area (Å²) in [6, 6.07) is 7.31. The Hall–Kier alpha value is -2.04. The number of methoxy groups -OCH3 is 1. The SMILES string of the molecule is CCCCOC(=O)CCC(=O)OCc1ccccc1OC. The largest absolute Gasteiger partial charge is 0.496 e. The van der Waals surface area contributed by atoms with Crippen molar-refractivity contribution in [3.05, 3.63) is 29.8 Å². The Labute approximate surface area is 125 Å². The molecule has 0 heterocycles. The first-order chi connectivity index (χ1) is 10.2. The summed E-state index contributed by atoms with van der Waals surface area (Å²) in [7, 11) is 1.56. The molecule has 0 saturated carbocycles. The van der Waals surface area contributed by atoms with Crippen LogP contribution < -0.4 is 4.74 Å². The molecule has 0 aliphatic heterocycles. The van der Waals surface area contributed by atoms with Crippen LogP contribution in [0.15, 0.2) is 24.3 Å². The lowest BCUT2D eigenvalue weighted by Crippen LogP contribution is -2.11. The van der Waals surface area contributed by atoms with Crippen LogP contribution in [0.2, 0.25) is 0 Å². The van der Waals surface area contributed by atoms with Gasteiger partial charge in [-0.05, 0) is 12.5 Å². The molecule has 0 atom stereocenters. The summed E-state index contributed by atoms with van der Waals surface area (Å²) >= 11 is 0. The maximum Gasteiger partial charge on any atom is 0.306 e. The van der Waals surface area contributed by atoms with Gasteiger partial charge in [-0.15, -0.1) is 0 Å². The quantitative estimate of drug-likeness (QED) is 0.517. The molecule has 0 spiro atoms. The monoisotopic (exact) mass is 294 g/mol. The van der Waals surface area contributed by atoms with Gasteiger partial charge in [-0.3, -0.25) is 9.59 Å². The maximum atomic E-state index is 11.6. The molecule has 0 radical (unpaired) electrons. The highest BCUT2D eigenvalue weighted by Crippen LogP contribution is 2.18. The van der Waals surface area contributed by atoms with Crippen LogP contribution in [0.5, 0.6) is 5.75 Å². The number of hydrogen-bond donors (Lipinski definition) is 0. The van der Waals surface area contributed by atoms with Crippen LogP contribution in [0, 0.1) is 0 Å². The van der Waals surface area contributed by atoms with Gasteiger partial charge in [0.1, 0.15) is 12.4 Å². The highest BCUT2D eigenvalue weighted by Gasteiger charge is 2.10. The number of carbonyl (C=O) groups excluding carboxylic acids is 2. The van der Waals surface area contributed by atoms with Crippen molar-refractivity contribution in [1.82, 2.24) is 0 Å². The number of esters is 2. The van der Waals surface area contributed by atoms with E-state index in [1.54, 1.807) is 13.2 Å². The van der Waals surface area contributed by atoms with E-state index in [4.69, 9.17) is 14.2 Å². The number of unbranched alkanes of at least 4 members (excludes halogenated alkanes) is 1. The number of rotatable bonds is 9. The van der Waals surface area contributed by atoms with Crippen molar-refractivity contribution in [2.24, 2.45) is 0 Å². The van der Waals surface area contributed by atoms with Crippen molar-refractivity contribution < 1.29 is 23.8 Å². The molecule has 0 N–H and O–H groups in total. The number of hydrogen-bond acceptors (Lipinski definition) is 5. The predicted octanol–water partition coefficient (Wildman–Crippen LogP) is 2.86. The molecule has 5 heteroatoms. The molecule has 0 unspecified atom stereocenters. The average molecular weight is 294 g/mol. The van der Waals surface area contributed by atoms with Crippen molar-refractivity contribution >= 4 is 11.9 Å². The fourth-order valence-electron chi connectivity index (χ4n) is 1.66. The third kappa shape index (κ3) is 6.79. The second kappa shape index (κ2) is 9.80. The van der Waals surface area contributed by atoms with Gasteiger partial charge in [0, 0.05) is 5.56 Å². The Morgan fingerprint density at radius 3 is 2.38 bits per heavy atom. The van der Waals surface area contributed by atoms with Crippen LogP contribution in [0.25, 0.3) is 0 Å². The first-order valence-corrected chi connectivity index (χ1v) is 7.10. The average Bonchev–Trinajstić information content (AvgIpc) is 2.51. The van der Waals surface area contributed by atoms with E-state index in [1.807, 2.05) is 25.1 Å². The molecular weight excluding hydrogens is 272 g/mol. The first kappa shape index (κ1) is 17.0. The minimum atomic E-state index is -0.423. The summed E-state index contributed by atoms with van der Waals surface area (Å²) in [6.45, 7) is 2.56. The van der Waals surface area contributed by atoms with E-state index in [2.05, 4.69) is 0 Å². The van der Waals surface area contributed by atoms with Crippen LogP contribution in [0.1, 0.15) is 38.2 Å². The molecule has 1 aromatic rings. The molecule has 1 aromatic carbocycles. The third-order valence-electron chi connectivity index (χ3n) is 2.88. The van der Waals surface area contributed by atoms with E-state index in [9.17, 15) is 9.59 Å². The highest BCUT2D eigenvalue weighted by atomic mass is 16.5. The van der Waals surface area contributed by atoms with E-state index in [-0.39, 0.29) is 25.4 Å². The van der Waals surface area contributed by atoms with Gasteiger partial charge in [-0.25, -0.2) is 0 Å². The normalized spacial score (nSPS) is 10.0. The predicted molar refractivity (Wildman–Crippen MR) is 77.9 cm³/mol. The smallest absolute Gasteiger partial charge is 0.306 e. The van der Waals surface area contributed by atoms with Gasteiger partial charge in [0.2, 0.25) is 0 Å². The lowest BCUT2D eigenvalue weighted by molar-refractivity contribution is -0.151. The van der Waals surface area contributed by atoms with Gasteiger partial charge in [-0.1, -0.05) is 31.5 Å². The molecule has 21 heavy (non-hydrogen) atoms. The van der Waals surface area contributed by atoms with E-state index in [0.29, 0.717) is 12.4 Å². The second-order valence-electron chi connectivity index (χ2n) is 4.55. The van der Waals surface area contributed by atoms with Crippen LogP contribution in [-0.4, -0.2) is 25.7 Å². The number of benzene rings is 1. The van der Waals surface area contributed by atoms with E-state index >= 15 is 0 Å². The van der Waals surface area contributed by atoms with Crippen LogP contribution >= 0.6 is 0 Å². The van der Waals surface area contributed by atoms with Crippen LogP contribution in [0.4, 0.5) is 0 Å². The summed E-state index contributed by atoms with van der Waals surface area (Å²) < 4.78 is 15.3. The van der Waals surface area contributed by atoms with Gasteiger partial charge in [0.05, 0.1) is 26.6 Å². The van der Waals surface area contributed by atoms with E-state index < -0.39 is 5.97 Å². The standard InChI is InChI=1S/C16H22O5/c1-3-4-11-20-15(17)9-10-16(18)21-12-13-7-5-6-8-14(13)19-2/h5-8H,3-4,9-12H2,1-2H3. The summed E-state index contributed by atoms with van der Waals surface area (Å²) in [5.41, 5.74) is 0.791. The summed E-state index contributed by atoms with van der Waals surface area (Å²) in [4.78, 5) is 22.9. The zero-order valence-corrected chi connectivity index (χ0v) is 12.6. The van der Waals surface area contributed by atoms with Crippen molar-refractivity contribution in [1.29, 1.82) is 0 Å². The third-order valence-corrected chi connectivity index (χ3v) is 2.88. The fraction of sp³-hybridized carbons (Fsp3) is 0.500. The summed E-state index contributed by atoms with van der Waals surface area (Å²) in [5, 5.41) is 0.